The Morgan fingerprint density at radius 1 is 1.06 bits per heavy atom. The first-order valence-corrected chi connectivity index (χ1v) is 11.2. The molecule has 0 aliphatic carbocycles. The summed E-state index contributed by atoms with van der Waals surface area (Å²) in [4.78, 5) is 16.8. The second kappa shape index (κ2) is 9.40. The molecule has 0 radical (unpaired) electrons. The Labute approximate surface area is 191 Å². The number of carbonyl (C=O) groups excluding carboxylic acids is 1. The van der Waals surface area contributed by atoms with Crippen LogP contribution in [0.4, 0.5) is 0 Å². The van der Waals surface area contributed by atoms with Crippen LogP contribution in [-0.4, -0.2) is 40.2 Å². The van der Waals surface area contributed by atoms with E-state index >= 15 is 0 Å². The van der Waals surface area contributed by atoms with Gasteiger partial charge in [0.25, 0.3) is 5.91 Å². The molecule has 164 valence electrons. The molecule has 0 unspecified atom stereocenters. The highest BCUT2D eigenvalue weighted by atomic mass is 32.2. The van der Waals surface area contributed by atoms with Crippen LogP contribution >= 0.6 is 11.8 Å². The van der Waals surface area contributed by atoms with Gasteiger partial charge in [0, 0.05) is 11.5 Å². The van der Waals surface area contributed by atoms with Gasteiger partial charge in [-0.25, -0.2) is 0 Å². The third-order valence-electron chi connectivity index (χ3n) is 4.87. The van der Waals surface area contributed by atoms with Crippen LogP contribution < -0.4 is 9.47 Å². The van der Waals surface area contributed by atoms with Crippen LogP contribution in [0.1, 0.15) is 25.0 Å². The van der Waals surface area contributed by atoms with Gasteiger partial charge in [-0.2, -0.15) is 15.1 Å². The van der Waals surface area contributed by atoms with Crippen LogP contribution in [0.15, 0.2) is 64.2 Å². The van der Waals surface area contributed by atoms with Crippen molar-refractivity contribution in [1.29, 1.82) is 5.41 Å². The fourth-order valence-electron chi connectivity index (χ4n) is 3.15. The molecule has 0 fully saturated rings. The molecule has 0 bridgehead atoms. The maximum absolute atomic E-state index is 12.6. The molecule has 1 amide bonds. The van der Waals surface area contributed by atoms with Crippen LogP contribution in [0.25, 0.3) is 6.08 Å². The minimum absolute atomic E-state index is 0.0147. The number of carbonyl (C=O) groups is 1. The second-order valence-corrected chi connectivity index (χ2v) is 8.60. The highest BCUT2D eigenvalue weighted by molar-refractivity contribution is 8.27. The Balaban J connectivity index is 1.48. The minimum atomic E-state index is -0.452. The summed E-state index contributed by atoms with van der Waals surface area (Å²) in [5, 5.41) is 15.7. The molecule has 0 saturated heterocycles. The van der Waals surface area contributed by atoms with Gasteiger partial charge in [-0.05, 0) is 42.5 Å². The van der Waals surface area contributed by atoms with Gasteiger partial charge in [0.1, 0.15) is 29.8 Å². The molecule has 0 atom stereocenters. The summed E-state index contributed by atoms with van der Waals surface area (Å²) in [6.07, 6.45) is 1.63. The Hall–Kier alpha value is -3.39. The van der Waals surface area contributed by atoms with E-state index in [9.17, 15) is 4.79 Å². The van der Waals surface area contributed by atoms with Crippen molar-refractivity contribution in [2.24, 2.45) is 16.0 Å². The van der Waals surface area contributed by atoms with Crippen LogP contribution in [0.2, 0.25) is 0 Å². The van der Waals surface area contributed by atoms with Crippen LogP contribution in [0.5, 0.6) is 11.5 Å². The number of nitrogens with zero attached hydrogens (tertiary/aromatic N) is 3. The van der Waals surface area contributed by atoms with E-state index in [1.807, 2.05) is 69.3 Å². The van der Waals surface area contributed by atoms with Crippen molar-refractivity contribution >= 4 is 39.8 Å². The molecule has 8 heteroatoms. The van der Waals surface area contributed by atoms with Gasteiger partial charge in [-0.1, -0.05) is 50.2 Å². The molecule has 0 spiro atoms. The molecule has 2 aliphatic rings. The molecule has 7 nitrogen and oxygen atoms in total. The zero-order valence-corrected chi connectivity index (χ0v) is 19.0. The molecule has 32 heavy (non-hydrogen) atoms. The van der Waals surface area contributed by atoms with E-state index < -0.39 is 5.91 Å². The zero-order valence-electron chi connectivity index (χ0n) is 18.2. The fourth-order valence-corrected chi connectivity index (χ4v) is 4.04. The van der Waals surface area contributed by atoms with Gasteiger partial charge < -0.3 is 9.47 Å². The van der Waals surface area contributed by atoms with E-state index in [1.54, 1.807) is 6.08 Å². The number of nitrogens with one attached hydrogen (secondary N) is 1. The summed E-state index contributed by atoms with van der Waals surface area (Å²) in [5.74, 6) is 1.18. The number of rotatable bonds is 7. The zero-order chi connectivity index (χ0) is 22.7. The van der Waals surface area contributed by atoms with Crippen LogP contribution in [0.3, 0.4) is 0 Å². The lowest BCUT2D eigenvalue weighted by Gasteiger charge is -2.20. The van der Waals surface area contributed by atoms with Crippen molar-refractivity contribution in [3.63, 3.8) is 0 Å². The molecular formula is C24H24N4O3S. The standard InChI is InChI=1S/C24H24N4O3S/c1-15(2)23-27-28-21(25)18(22(29)26-24(28)32-23)14-17-9-5-7-11-20(17)31-13-12-30-19-10-6-4-8-16(19)3/h4-11,14-15,25H,12-13H2,1-3H3. The second-order valence-electron chi connectivity index (χ2n) is 7.61. The summed E-state index contributed by atoms with van der Waals surface area (Å²) in [6.45, 7) is 6.75. The number of fused-ring (bicyclic) bond motifs is 1. The van der Waals surface area contributed by atoms with Crippen molar-refractivity contribution in [1.82, 2.24) is 5.01 Å². The Morgan fingerprint density at radius 3 is 2.44 bits per heavy atom. The van der Waals surface area contributed by atoms with Crippen molar-refractivity contribution in [3.8, 4) is 11.5 Å². The number of thioether (sulfide) groups is 1. The predicted octanol–water partition coefficient (Wildman–Crippen LogP) is 4.73. The van der Waals surface area contributed by atoms with Crippen molar-refractivity contribution in [2.75, 3.05) is 13.2 Å². The maximum atomic E-state index is 12.6. The fraction of sp³-hybridized carbons (Fsp3) is 0.250. The van der Waals surface area contributed by atoms with Gasteiger partial charge in [0.15, 0.2) is 5.84 Å². The van der Waals surface area contributed by atoms with E-state index in [-0.39, 0.29) is 17.3 Å². The number of amidine groups is 2. The predicted molar refractivity (Wildman–Crippen MR) is 128 cm³/mol. The summed E-state index contributed by atoms with van der Waals surface area (Å²) in [6, 6.07) is 15.2. The van der Waals surface area contributed by atoms with E-state index in [0.29, 0.717) is 29.7 Å². The van der Waals surface area contributed by atoms with Crippen molar-refractivity contribution in [3.05, 3.63) is 65.2 Å². The van der Waals surface area contributed by atoms with Gasteiger partial charge in [-0.3, -0.25) is 10.2 Å². The smallest absolute Gasteiger partial charge is 0.283 e. The number of ether oxygens (including phenoxy) is 2. The first kappa shape index (κ1) is 21.8. The van der Waals surface area contributed by atoms with Gasteiger partial charge in [-0.15, -0.1) is 0 Å². The maximum Gasteiger partial charge on any atom is 0.283 e. The Bertz CT molecular complexity index is 1150. The molecule has 0 aromatic heterocycles. The van der Waals surface area contributed by atoms with Crippen molar-refractivity contribution in [2.45, 2.75) is 20.8 Å². The van der Waals surface area contributed by atoms with Gasteiger partial charge in [0.05, 0.1) is 5.57 Å². The summed E-state index contributed by atoms with van der Waals surface area (Å²) in [7, 11) is 0. The quantitative estimate of drug-likeness (QED) is 0.489. The summed E-state index contributed by atoms with van der Waals surface area (Å²) < 4.78 is 11.7. The molecule has 2 heterocycles. The molecule has 0 saturated carbocycles. The summed E-state index contributed by atoms with van der Waals surface area (Å²) in [5.41, 5.74) is 1.93. The lowest BCUT2D eigenvalue weighted by atomic mass is 10.1. The first-order valence-electron chi connectivity index (χ1n) is 10.3. The highest BCUT2D eigenvalue weighted by Gasteiger charge is 2.36. The molecule has 2 aromatic carbocycles. The van der Waals surface area contributed by atoms with Gasteiger partial charge >= 0.3 is 0 Å². The number of amides is 1. The number of para-hydroxylation sites is 2. The van der Waals surface area contributed by atoms with E-state index in [0.717, 1.165) is 16.4 Å². The topological polar surface area (TPSA) is 87.3 Å². The molecule has 2 aliphatic heterocycles. The van der Waals surface area contributed by atoms with E-state index in [1.165, 1.54) is 16.8 Å². The molecule has 2 aromatic rings. The third-order valence-corrected chi connectivity index (χ3v) is 6.08. The average molecular weight is 449 g/mol. The molecular weight excluding hydrogens is 424 g/mol. The Morgan fingerprint density at radius 2 is 1.72 bits per heavy atom. The number of hydrazone groups is 1. The van der Waals surface area contributed by atoms with Crippen LogP contribution in [-0.2, 0) is 4.79 Å². The highest BCUT2D eigenvalue weighted by Crippen LogP contribution is 2.31. The number of aliphatic imine (C=N–C) groups is 1. The molecule has 1 N–H and O–H groups in total. The normalized spacial score (nSPS) is 16.9. The van der Waals surface area contributed by atoms with E-state index in [2.05, 4.69) is 10.1 Å². The van der Waals surface area contributed by atoms with E-state index in [4.69, 9.17) is 14.9 Å². The lowest BCUT2D eigenvalue weighted by Crippen LogP contribution is -2.35. The third kappa shape index (κ3) is 4.60. The SMILES string of the molecule is Cc1ccccc1OCCOc1ccccc1C=C1C(=N)N2N=C(C(C)C)SC2=NC1=O. The molecule has 4 rings (SSSR count). The van der Waals surface area contributed by atoms with Crippen LogP contribution in [0, 0.1) is 18.3 Å². The number of aryl methyl sites for hydroxylation is 1. The number of hydrogen-bond donors (Lipinski definition) is 1. The summed E-state index contributed by atoms with van der Waals surface area (Å²) >= 11 is 1.33. The number of hydrogen-bond acceptors (Lipinski definition) is 6. The van der Waals surface area contributed by atoms with Crippen molar-refractivity contribution < 1.29 is 14.3 Å². The largest absolute Gasteiger partial charge is 0.490 e. The van der Waals surface area contributed by atoms with Gasteiger partial charge in [0.2, 0.25) is 5.17 Å². The Kier molecular flexibility index (Phi) is 6.41. The first-order chi connectivity index (χ1) is 15.4. The number of benzene rings is 2. The minimum Gasteiger partial charge on any atom is -0.490 e. The lowest BCUT2D eigenvalue weighted by molar-refractivity contribution is -0.114. The monoisotopic (exact) mass is 448 g/mol. The average Bonchev–Trinajstić information content (AvgIpc) is 3.21.